The van der Waals surface area contributed by atoms with Crippen LogP contribution in [0.15, 0.2) is 65.6 Å². The minimum absolute atomic E-state index is 0.122. The van der Waals surface area contributed by atoms with Gasteiger partial charge in [0.1, 0.15) is 5.69 Å². The standard InChI is InChI=1S/C21H21N3O5S/c1-30(28,29)17-9-10-19(20(14-17)24(26)27)22-11-12-23-21(25)13-16-7-4-6-15-5-2-3-8-18(15)16/h2-10,14,22H,11-13H2,1H3,(H,23,25). The first-order valence-corrected chi connectivity index (χ1v) is 11.1. The number of carbonyl (C=O) groups excluding carboxylic acids is 1. The van der Waals surface area contributed by atoms with Gasteiger partial charge in [0.25, 0.3) is 5.69 Å². The van der Waals surface area contributed by atoms with Crippen molar-refractivity contribution in [2.75, 3.05) is 24.7 Å². The number of hydrogen-bond acceptors (Lipinski definition) is 6. The summed E-state index contributed by atoms with van der Waals surface area (Å²) in [6.45, 7) is 0.509. The smallest absolute Gasteiger partial charge is 0.293 e. The lowest BCUT2D eigenvalue weighted by Crippen LogP contribution is -2.30. The third-order valence-corrected chi connectivity index (χ3v) is 5.70. The van der Waals surface area contributed by atoms with E-state index in [1.165, 1.54) is 12.1 Å². The van der Waals surface area contributed by atoms with E-state index < -0.39 is 14.8 Å². The number of fused-ring (bicyclic) bond motifs is 1. The molecule has 0 saturated carbocycles. The Morgan fingerprint density at radius 2 is 1.77 bits per heavy atom. The molecule has 0 heterocycles. The average molecular weight is 427 g/mol. The first-order valence-electron chi connectivity index (χ1n) is 9.21. The van der Waals surface area contributed by atoms with Crippen LogP contribution in [0.2, 0.25) is 0 Å². The quantitative estimate of drug-likeness (QED) is 0.324. The summed E-state index contributed by atoms with van der Waals surface area (Å²) in [5.74, 6) is -0.157. The molecule has 0 spiro atoms. The molecule has 1 amide bonds. The molecule has 9 heteroatoms. The van der Waals surface area contributed by atoms with E-state index in [9.17, 15) is 23.3 Å². The molecule has 0 aromatic heterocycles. The molecule has 0 radical (unpaired) electrons. The fraction of sp³-hybridized carbons (Fsp3) is 0.190. The van der Waals surface area contributed by atoms with Crippen molar-refractivity contribution in [1.82, 2.24) is 5.32 Å². The van der Waals surface area contributed by atoms with Crippen LogP contribution in [0.1, 0.15) is 5.56 Å². The van der Waals surface area contributed by atoms with Crippen molar-refractivity contribution in [3.63, 3.8) is 0 Å². The number of nitrogens with zero attached hydrogens (tertiary/aromatic N) is 1. The molecule has 0 aliphatic carbocycles. The summed E-state index contributed by atoms with van der Waals surface area (Å²) in [5.41, 5.74) is 0.779. The molecule has 2 N–H and O–H groups in total. The van der Waals surface area contributed by atoms with Crippen LogP contribution in [0.5, 0.6) is 0 Å². The molecule has 3 aromatic carbocycles. The van der Waals surface area contributed by atoms with Crippen LogP contribution >= 0.6 is 0 Å². The lowest BCUT2D eigenvalue weighted by Gasteiger charge is -2.10. The maximum absolute atomic E-state index is 12.3. The number of nitro groups is 1. The molecule has 3 rings (SSSR count). The van der Waals surface area contributed by atoms with E-state index in [0.717, 1.165) is 28.7 Å². The van der Waals surface area contributed by atoms with Crippen molar-refractivity contribution in [2.24, 2.45) is 0 Å². The fourth-order valence-corrected chi connectivity index (χ4v) is 3.76. The van der Waals surface area contributed by atoms with Gasteiger partial charge >= 0.3 is 0 Å². The second-order valence-corrected chi connectivity index (χ2v) is 8.82. The lowest BCUT2D eigenvalue weighted by atomic mass is 10.0. The summed E-state index contributed by atoms with van der Waals surface area (Å²) >= 11 is 0. The number of amides is 1. The van der Waals surface area contributed by atoms with E-state index in [0.29, 0.717) is 0 Å². The normalized spacial score (nSPS) is 11.2. The van der Waals surface area contributed by atoms with Gasteiger partial charge in [0.05, 0.1) is 16.2 Å². The number of anilines is 1. The fourth-order valence-electron chi connectivity index (χ4n) is 3.12. The summed E-state index contributed by atoms with van der Waals surface area (Å²) < 4.78 is 23.2. The van der Waals surface area contributed by atoms with Crippen LogP contribution in [0.3, 0.4) is 0 Å². The Morgan fingerprint density at radius 3 is 2.50 bits per heavy atom. The van der Waals surface area contributed by atoms with Crippen molar-refractivity contribution in [3.05, 3.63) is 76.3 Å². The summed E-state index contributed by atoms with van der Waals surface area (Å²) in [4.78, 5) is 22.8. The van der Waals surface area contributed by atoms with Gasteiger partial charge in [0.2, 0.25) is 5.91 Å². The van der Waals surface area contributed by atoms with Gasteiger partial charge in [0.15, 0.2) is 9.84 Å². The van der Waals surface area contributed by atoms with E-state index >= 15 is 0 Å². The van der Waals surface area contributed by atoms with Gasteiger partial charge in [-0.1, -0.05) is 42.5 Å². The lowest BCUT2D eigenvalue weighted by molar-refractivity contribution is -0.384. The monoisotopic (exact) mass is 427 g/mol. The Labute approximate surface area is 174 Å². The number of carbonyl (C=O) groups is 1. The van der Waals surface area contributed by atoms with Gasteiger partial charge in [-0.2, -0.15) is 0 Å². The van der Waals surface area contributed by atoms with Crippen LogP contribution in [0.25, 0.3) is 10.8 Å². The molecular formula is C21H21N3O5S. The Hall–Kier alpha value is -3.46. The molecule has 0 aliphatic rings. The zero-order chi connectivity index (χ0) is 21.7. The van der Waals surface area contributed by atoms with Crippen LogP contribution in [-0.4, -0.2) is 38.6 Å². The molecule has 0 fully saturated rings. The van der Waals surface area contributed by atoms with Crippen LogP contribution in [0.4, 0.5) is 11.4 Å². The Morgan fingerprint density at radius 1 is 1.03 bits per heavy atom. The second-order valence-electron chi connectivity index (χ2n) is 6.80. The number of hydrogen-bond donors (Lipinski definition) is 2. The molecule has 0 bridgehead atoms. The van der Waals surface area contributed by atoms with Crippen molar-refractivity contribution in [2.45, 2.75) is 11.3 Å². The number of rotatable bonds is 8. The van der Waals surface area contributed by atoms with Crippen LogP contribution < -0.4 is 10.6 Å². The number of sulfone groups is 1. The van der Waals surface area contributed by atoms with Crippen LogP contribution in [-0.2, 0) is 21.1 Å². The molecule has 0 saturated heterocycles. The molecule has 30 heavy (non-hydrogen) atoms. The maximum Gasteiger partial charge on any atom is 0.293 e. The second kappa shape index (κ2) is 8.91. The summed E-state index contributed by atoms with van der Waals surface area (Å²) in [6.07, 6.45) is 1.22. The van der Waals surface area contributed by atoms with Gasteiger partial charge in [-0.25, -0.2) is 8.42 Å². The van der Waals surface area contributed by atoms with E-state index in [1.54, 1.807) is 0 Å². The summed E-state index contributed by atoms with van der Waals surface area (Å²) in [6, 6.07) is 17.3. The maximum atomic E-state index is 12.3. The number of nitro benzene ring substituents is 1. The minimum atomic E-state index is -3.55. The SMILES string of the molecule is CS(=O)(=O)c1ccc(NCCNC(=O)Cc2cccc3ccccc23)c([N+](=O)[O-])c1. The van der Waals surface area contributed by atoms with Gasteiger partial charge in [-0.15, -0.1) is 0 Å². The van der Waals surface area contributed by atoms with Crippen LogP contribution in [0, 0.1) is 10.1 Å². The highest BCUT2D eigenvalue weighted by Gasteiger charge is 2.18. The van der Waals surface area contributed by atoms with Crippen molar-refractivity contribution in [1.29, 1.82) is 0 Å². The van der Waals surface area contributed by atoms with E-state index in [-0.39, 0.29) is 41.7 Å². The zero-order valence-corrected chi connectivity index (χ0v) is 17.1. The van der Waals surface area contributed by atoms with Gasteiger partial charge < -0.3 is 10.6 Å². The van der Waals surface area contributed by atoms with E-state index in [2.05, 4.69) is 10.6 Å². The van der Waals surface area contributed by atoms with Gasteiger partial charge in [-0.3, -0.25) is 14.9 Å². The first-order chi connectivity index (χ1) is 14.3. The summed E-state index contributed by atoms with van der Waals surface area (Å²) in [7, 11) is -3.55. The van der Waals surface area contributed by atoms with Crippen molar-refractivity contribution in [3.8, 4) is 0 Å². The average Bonchev–Trinajstić information content (AvgIpc) is 2.70. The molecule has 3 aromatic rings. The summed E-state index contributed by atoms with van der Waals surface area (Å²) in [5, 5.41) is 19.0. The molecule has 0 unspecified atom stereocenters. The largest absolute Gasteiger partial charge is 0.378 e. The topological polar surface area (TPSA) is 118 Å². The zero-order valence-electron chi connectivity index (χ0n) is 16.3. The van der Waals surface area contributed by atoms with Crippen molar-refractivity contribution < 1.29 is 18.1 Å². The Balaban J connectivity index is 1.58. The Kier molecular flexibility index (Phi) is 6.31. The molecule has 156 valence electrons. The van der Waals surface area contributed by atoms with Gasteiger partial charge in [0, 0.05) is 25.4 Å². The molecule has 0 atom stereocenters. The number of benzene rings is 3. The van der Waals surface area contributed by atoms with E-state index in [4.69, 9.17) is 0 Å². The van der Waals surface area contributed by atoms with E-state index in [1.807, 2.05) is 42.5 Å². The first kappa shape index (κ1) is 21.3. The highest BCUT2D eigenvalue weighted by atomic mass is 32.2. The molecule has 0 aliphatic heterocycles. The van der Waals surface area contributed by atoms with Gasteiger partial charge in [-0.05, 0) is 28.5 Å². The predicted molar refractivity (Wildman–Crippen MR) is 115 cm³/mol. The molecule has 8 nitrogen and oxygen atoms in total. The highest BCUT2D eigenvalue weighted by Crippen LogP contribution is 2.27. The van der Waals surface area contributed by atoms with Crippen molar-refractivity contribution >= 4 is 37.9 Å². The molecular weight excluding hydrogens is 406 g/mol. The Bertz CT molecular complexity index is 1200. The third kappa shape index (κ3) is 5.12. The minimum Gasteiger partial charge on any atom is -0.378 e. The number of nitrogens with one attached hydrogen (secondary N) is 2. The highest BCUT2D eigenvalue weighted by molar-refractivity contribution is 7.90. The third-order valence-electron chi connectivity index (χ3n) is 4.59. The predicted octanol–water partition coefficient (Wildman–Crippen LogP) is 2.92.